The fourth-order valence-corrected chi connectivity index (χ4v) is 6.49. The molecular formula is C47H30O. The van der Waals surface area contributed by atoms with Crippen LogP contribution in [0.25, 0.3) is 98.4 Å². The molecule has 0 saturated carbocycles. The van der Waals surface area contributed by atoms with Crippen molar-refractivity contribution in [1.29, 1.82) is 0 Å². The van der Waals surface area contributed by atoms with Gasteiger partial charge in [0.15, 0.2) is 0 Å². The fraction of sp³-hybridized carbons (Fsp3) is 0.0213. The molecule has 1 heteroatoms. The molecular weight excluding hydrogens is 581 g/mol. The lowest BCUT2D eigenvalue weighted by Crippen LogP contribution is -1.93. The van der Waals surface area contributed by atoms with E-state index in [2.05, 4.69) is 0 Å². The Hall–Kier alpha value is -6.18. The van der Waals surface area contributed by atoms with Crippen molar-refractivity contribution >= 4 is 65.0 Å². The summed E-state index contributed by atoms with van der Waals surface area (Å²) < 4.78 is 190. The first-order valence-corrected chi connectivity index (χ1v) is 15.0. The smallest absolute Gasteiger partial charge is 0.143 e. The average molecular weight is 631 g/mol. The van der Waals surface area contributed by atoms with Crippen molar-refractivity contribution in [2.24, 2.45) is 0 Å². The molecule has 1 aromatic heterocycles. The van der Waals surface area contributed by atoms with E-state index in [1.807, 2.05) is 6.07 Å². The first kappa shape index (κ1) is 13.9. The standard InChI is InChI=1S/C47H30O/c1-29-21-24-40-43(27-29)45(32-23-22-30-11-2-3-12-31(30)28-32)37-16-6-7-17-38(37)46(40)39-26-25-35(33-13-4-5-14-34(33)39)41-18-10-19-42-36-15-8-9-20-44(36)48-47(41)42/h2-28H,1H3/i2D,3D,4D,5D,6D,7D,11D,12D,13D,14D,16D,17D,21D,22D,23D,24D,25D,26D,27D,28D. The molecule has 0 saturated heterocycles. The highest BCUT2D eigenvalue weighted by Gasteiger charge is 2.20. The second-order valence-electron chi connectivity index (χ2n) is 11.3. The molecule has 0 aliphatic rings. The molecule has 0 atom stereocenters. The molecule has 0 bridgehead atoms. The number of hydrogen-bond donors (Lipinski definition) is 0. The quantitative estimate of drug-likeness (QED) is 0.177. The Labute approximate surface area is 306 Å². The van der Waals surface area contributed by atoms with Gasteiger partial charge in [-0.1, -0.05) is 157 Å². The third-order valence-corrected chi connectivity index (χ3v) is 8.55. The van der Waals surface area contributed by atoms with Crippen LogP contribution in [0.3, 0.4) is 0 Å². The third-order valence-electron chi connectivity index (χ3n) is 8.55. The van der Waals surface area contributed by atoms with E-state index in [1.165, 1.54) is 6.92 Å². The maximum Gasteiger partial charge on any atom is 0.143 e. The van der Waals surface area contributed by atoms with Crippen LogP contribution < -0.4 is 0 Å². The van der Waals surface area contributed by atoms with Crippen LogP contribution in [0.4, 0.5) is 0 Å². The summed E-state index contributed by atoms with van der Waals surface area (Å²) in [6.07, 6.45) is 0. The second-order valence-corrected chi connectivity index (χ2v) is 11.3. The van der Waals surface area contributed by atoms with E-state index in [0.29, 0.717) is 16.4 Å². The van der Waals surface area contributed by atoms with Crippen LogP contribution in [0.1, 0.15) is 33.0 Å². The van der Waals surface area contributed by atoms with Gasteiger partial charge in [0.2, 0.25) is 0 Å². The number of hydrogen-bond acceptors (Lipinski definition) is 1. The van der Waals surface area contributed by atoms with Gasteiger partial charge >= 0.3 is 0 Å². The maximum atomic E-state index is 9.91. The molecule has 48 heavy (non-hydrogen) atoms. The van der Waals surface area contributed by atoms with E-state index in [-0.39, 0.29) is 27.7 Å². The van der Waals surface area contributed by atoms with E-state index < -0.39 is 181 Å². The molecule has 224 valence electrons. The van der Waals surface area contributed by atoms with Gasteiger partial charge in [0.1, 0.15) is 11.2 Å². The molecule has 0 radical (unpaired) electrons. The molecule has 0 N–H and O–H groups in total. The van der Waals surface area contributed by atoms with Gasteiger partial charge in [0, 0.05) is 16.3 Å². The molecule has 10 rings (SSSR count). The summed E-state index contributed by atoms with van der Waals surface area (Å²) in [5.74, 6) is 0. The monoisotopic (exact) mass is 630 g/mol. The molecule has 9 aromatic carbocycles. The van der Waals surface area contributed by atoms with Gasteiger partial charge in [-0.2, -0.15) is 0 Å². The Morgan fingerprint density at radius 2 is 1.10 bits per heavy atom. The van der Waals surface area contributed by atoms with Crippen molar-refractivity contribution in [2.45, 2.75) is 6.92 Å². The van der Waals surface area contributed by atoms with E-state index in [1.54, 1.807) is 36.4 Å². The van der Waals surface area contributed by atoms with E-state index in [0.717, 1.165) is 0 Å². The van der Waals surface area contributed by atoms with Gasteiger partial charge in [0.25, 0.3) is 0 Å². The topological polar surface area (TPSA) is 13.1 Å². The molecule has 0 aliphatic heterocycles. The van der Waals surface area contributed by atoms with Crippen LogP contribution in [0.5, 0.6) is 0 Å². The largest absolute Gasteiger partial charge is 0.455 e. The Morgan fingerprint density at radius 1 is 0.438 bits per heavy atom. The second kappa shape index (κ2) is 10.4. The van der Waals surface area contributed by atoms with Crippen molar-refractivity contribution < 1.29 is 31.8 Å². The first-order chi connectivity index (χ1) is 32.1. The summed E-state index contributed by atoms with van der Waals surface area (Å²) in [6.45, 7) is 1.32. The first-order valence-electron chi connectivity index (χ1n) is 25.0. The summed E-state index contributed by atoms with van der Waals surface area (Å²) in [7, 11) is 0. The van der Waals surface area contributed by atoms with Crippen molar-refractivity contribution in [3.8, 4) is 33.4 Å². The van der Waals surface area contributed by atoms with Crippen molar-refractivity contribution in [3.05, 3.63) is 169 Å². The van der Waals surface area contributed by atoms with Gasteiger partial charge in [-0.15, -0.1) is 0 Å². The Kier molecular flexibility index (Phi) is 3.02. The zero-order chi connectivity index (χ0) is 49.2. The van der Waals surface area contributed by atoms with Gasteiger partial charge in [-0.25, -0.2) is 0 Å². The molecule has 1 nitrogen and oxygen atoms in total. The summed E-state index contributed by atoms with van der Waals surface area (Å²) >= 11 is 0. The number of benzene rings is 9. The zero-order valence-corrected chi connectivity index (χ0v) is 24.9. The Balaban J connectivity index is 1.53. The maximum absolute atomic E-state index is 9.91. The lowest BCUT2D eigenvalue weighted by molar-refractivity contribution is 0.670. The zero-order valence-electron chi connectivity index (χ0n) is 44.9. The van der Waals surface area contributed by atoms with Crippen LogP contribution in [0.2, 0.25) is 0 Å². The normalized spacial score (nSPS) is 17.7. The molecule has 1 heterocycles. The summed E-state index contributed by atoms with van der Waals surface area (Å²) in [6, 6.07) is -2.87. The van der Waals surface area contributed by atoms with Crippen LogP contribution in [0.15, 0.2) is 168 Å². The molecule has 0 fully saturated rings. The van der Waals surface area contributed by atoms with E-state index in [9.17, 15) is 13.7 Å². The van der Waals surface area contributed by atoms with Gasteiger partial charge in [-0.3, -0.25) is 0 Å². The van der Waals surface area contributed by atoms with Crippen LogP contribution in [0, 0.1) is 6.92 Å². The van der Waals surface area contributed by atoms with Gasteiger partial charge < -0.3 is 4.42 Å². The number of furan rings is 1. The lowest BCUT2D eigenvalue weighted by Gasteiger charge is -2.20. The lowest BCUT2D eigenvalue weighted by atomic mass is 9.83. The molecule has 10 aromatic rings. The van der Waals surface area contributed by atoms with Crippen molar-refractivity contribution in [2.75, 3.05) is 0 Å². The molecule has 0 amide bonds. The minimum atomic E-state index is -0.868. The number of rotatable bonds is 3. The van der Waals surface area contributed by atoms with Crippen LogP contribution in [-0.2, 0) is 0 Å². The van der Waals surface area contributed by atoms with E-state index in [4.69, 9.17) is 18.1 Å². The molecule has 0 unspecified atom stereocenters. The summed E-state index contributed by atoms with van der Waals surface area (Å²) in [4.78, 5) is 0. The highest BCUT2D eigenvalue weighted by Crippen LogP contribution is 2.47. The SMILES string of the molecule is [2H]c1c([2H])c([2H])c2c([2H])c(-c3c4c([2H])c([2H])c([2H])c([2H])c4c(-c4c([2H])c([2H])c(-c5cccc6c5oc5ccccc56)c5c([2H])c([2H])c([2H])c([2H])c45)c4c([2H])c([2H])c(C)c([2H])c34)c([2H])c([2H])c2c1[2H]. The number of para-hydroxylation sites is 2. The minimum absolute atomic E-state index is 0.150. The van der Waals surface area contributed by atoms with Crippen LogP contribution >= 0.6 is 0 Å². The average Bonchev–Trinajstić information content (AvgIpc) is 3.71. The van der Waals surface area contributed by atoms with Crippen molar-refractivity contribution in [1.82, 2.24) is 0 Å². The van der Waals surface area contributed by atoms with Crippen LogP contribution in [-0.4, -0.2) is 0 Å². The number of fused-ring (bicyclic) bond motifs is 7. The molecule has 0 spiro atoms. The van der Waals surface area contributed by atoms with Gasteiger partial charge in [0.05, 0.1) is 27.4 Å². The predicted molar refractivity (Wildman–Crippen MR) is 205 cm³/mol. The fourth-order valence-electron chi connectivity index (χ4n) is 6.49. The highest BCUT2D eigenvalue weighted by atomic mass is 16.3. The predicted octanol–water partition coefficient (Wildman–Crippen LogP) is 13.5. The highest BCUT2D eigenvalue weighted by molar-refractivity contribution is 6.25. The summed E-state index contributed by atoms with van der Waals surface area (Å²) in [5, 5.41) is -2.46. The van der Waals surface area contributed by atoms with E-state index >= 15 is 0 Å². The van der Waals surface area contributed by atoms with Gasteiger partial charge in [-0.05, 0) is 89.9 Å². The molecule has 0 aliphatic carbocycles. The third kappa shape index (κ3) is 3.98. The summed E-state index contributed by atoms with van der Waals surface area (Å²) in [5.41, 5.74) is -1.56. The minimum Gasteiger partial charge on any atom is -0.455 e. The van der Waals surface area contributed by atoms with Crippen molar-refractivity contribution in [3.63, 3.8) is 0 Å². The Morgan fingerprint density at radius 3 is 1.96 bits per heavy atom. The Bertz CT molecular complexity index is 3960.